The van der Waals surface area contributed by atoms with Gasteiger partial charge >= 0.3 is 17.9 Å². The van der Waals surface area contributed by atoms with Gasteiger partial charge in [-0.3, -0.25) is 9.59 Å². The van der Waals surface area contributed by atoms with E-state index in [1.54, 1.807) is 0 Å². The SMILES string of the molecule is CC/C=C\C/C=C\C/C=C\C/C=C\C/C=C\C/C=C\C/C=C\CCCCCCCCCCCC(=O)OC(COC(=O)CCCCCCCCCCCCCCCCCCCCC)COC(OCC[N+](C)(C)C)C(=O)O. The number of ether oxygens (including phenoxy) is 4. The molecule has 0 aromatic heterocycles. The predicted molar refractivity (Wildman–Crippen MR) is 318 cm³/mol. The Balaban J connectivity index is 4.22. The monoisotopic (exact) mass is 1050 g/mol. The third-order valence-electron chi connectivity index (χ3n) is 13.2. The number of esters is 2. The first-order chi connectivity index (χ1) is 36.6. The minimum atomic E-state index is -1.51. The summed E-state index contributed by atoms with van der Waals surface area (Å²) < 4.78 is 22.9. The molecule has 0 radical (unpaired) electrons. The quantitative estimate of drug-likeness (QED) is 0.0211. The van der Waals surface area contributed by atoms with Crippen molar-refractivity contribution in [2.75, 3.05) is 47.5 Å². The van der Waals surface area contributed by atoms with Gasteiger partial charge in [-0.2, -0.15) is 0 Å². The van der Waals surface area contributed by atoms with E-state index in [9.17, 15) is 19.5 Å². The largest absolute Gasteiger partial charge is 0.477 e. The zero-order valence-corrected chi connectivity index (χ0v) is 49.2. The highest BCUT2D eigenvalue weighted by molar-refractivity contribution is 5.71. The smallest absolute Gasteiger partial charge is 0.361 e. The number of carboxylic acids is 1. The lowest BCUT2D eigenvalue weighted by atomic mass is 10.0. The van der Waals surface area contributed by atoms with Crippen LogP contribution in [0.15, 0.2) is 85.1 Å². The van der Waals surface area contributed by atoms with Gasteiger partial charge in [-0.05, 0) is 70.6 Å². The number of nitrogens with zero attached hydrogens (tertiary/aromatic N) is 1. The molecule has 1 N–H and O–H groups in total. The zero-order chi connectivity index (χ0) is 54.8. The Kier molecular flexibility index (Phi) is 54.0. The summed E-state index contributed by atoms with van der Waals surface area (Å²) in [6.45, 7) is 4.78. The molecule has 0 aliphatic rings. The Labute approximate surface area is 461 Å². The van der Waals surface area contributed by atoms with Crippen molar-refractivity contribution in [2.24, 2.45) is 0 Å². The van der Waals surface area contributed by atoms with Crippen molar-refractivity contribution in [1.29, 1.82) is 0 Å². The van der Waals surface area contributed by atoms with Gasteiger partial charge in [0.2, 0.25) is 0 Å². The summed E-state index contributed by atoms with van der Waals surface area (Å²) in [5, 5.41) is 9.71. The molecule has 0 aromatic rings. The molecule has 9 nitrogen and oxygen atoms in total. The molecule has 0 fully saturated rings. The Morgan fingerprint density at radius 2 is 0.760 bits per heavy atom. The van der Waals surface area contributed by atoms with Crippen LogP contribution in [-0.4, -0.2) is 87.4 Å². The molecule has 432 valence electrons. The van der Waals surface area contributed by atoms with Crippen LogP contribution in [0.4, 0.5) is 0 Å². The van der Waals surface area contributed by atoms with Gasteiger partial charge in [0.25, 0.3) is 6.29 Å². The van der Waals surface area contributed by atoms with Crippen LogP contribution in [0, 0.1) is 0 Å². The molecular formula is C66H116NO8+. The number of aliphatic carboxylic acids is 1. The van der Waals surface area contributed by atoms with E-state index in [4.69, 9.17) is 18.9 Å². The number of carbonyl (C=O) groups excluding carboxylic acids is 2. The molecule has 0 saturated heterocycles. The average molecular weight is 1050 g/mol. The summed E-state index contributed by atoms with van der Waals surface area (Å²) in [5.74, 6) is -2.01. The van der Waals surface area contributed by atoms with Crippen molar-refractivity contribution in [3.8, 4) is 0 Å². The van der Waals surface area contributed by atoms with E-state index >= 15 is 0 Å². The molecule has 0 aliphatic heterocycles. The molecule has 0 saturated carbocycles. The van der Waals surface area contributed by atoms with Crippen molar-refractivity contribution in [3.63, 3.8) is 0 Å². The lowest BCUT2D eigenvalue weighted by Crippen LogP contribution is -2.40. The molecule has 0 aliphatic carbocycles. The van der Waals surface area contributed by atoms with Crippen molar-refractivity contribution < 1.29 is 42.9 Å². The molecule has 0 bridgehead atoms. The number of likely N-dealkylation sites (N-methyl/N-ethyl adjacent to an activating group) is 1. The van der Waals surface area contributed by atoms with Crippen LogP contribution in [0.25, 0.3) is 0 Å². The van der Waals surface area contributed by atoms with Crippen LogP contribution in [0.3, 0.4) is 0 Å². The Hall–Kier alpha value is -3.53. The van der Waals surface area contributed by atoms with Gasteiger partial charge in [0.05, 0.1) is 34.4 Å². The predicted octanol–water partition coefficient (Wildman–Crippen LogP) is 18.3. The Morgan fingerprint density at radius 1 is 0.413 bits per heavy atom. The topological polar surface area (TPSA) is 108 Å². The number of unbranched alkanes of at least 4 members (excludes halogenated alkanes) is 27. The summed E-state index contributed by atoms with van der Waals surface area (Å²) in [6.07, 6.45) is 72.3. The van der Waals surface area contributed by atoms with Crippen LogP contribution < -0.4 is 0 Å². The second-order valence-corrected chi connectivity index (χ2v) is 21.6. The van der Waals surface area contributed by atoms with Crippen molar-refractivity contribution in [3.05, 3.63) is 85.1 Å². The van der Waals surface area contributed by atoms with Crippen LogP contribution in [0.2, 0.25) is 0 Å². The fraction of sp³-hybridized carbons (Fsp3) is 0.742. The fourth-order valence-corrected chi connectivity index (χ4v) is 8.47. The molecular weight excluding hydrogens is 935 g/mol. The second kappa shape index (κ2) is 56.7. The first-order valence-electron chi connectivity index (χ1n) is 30.8. The highest BCUT2D eigenvalue weighted by atomic mass is 16.7. The fourth-order valence-electron chi connectivity index (χ4n) is 8.47. The molecule has 0 heterocycles. The number of hydrogen-bond donors (Lipinski definition) is 1. The first kappa shape index (κ1) is 71.5. The molecule has 2 unspecified atom stereocenters. The molecule has 0 amide bonds. The molecule has 9 heteroatoms. The van der Waals surface area contributed by atoms with Gasteiger partial charge in [-0.25, -0.2) is 4.79 Å². The minimum absolute atomic E-state index is 0.184. The van der Waals surface area contributed by atoms with Gasteiger partial charge in [0, 0.05) is 12.8 Å². The highest BCUT2D eigenvalue weighted by Gasteiger charge is 2.25. The van der Waals surface area contributed by atoms with Crippen molar-refractivity contribution >= 4 is 17.9 Å². The standard InChI is InChI=1S/C66H115NO8/c1-6-8-10-12-14-16-18-20-22-24-26-27-28-29-30-31-32-33-34-35-36-37-39-41-43-45-47-49-51-53-55-57-64(69)75-62(61-74-66(65(70)71)72-59-58-67(3,4)5)60-73-63(68)56-54-52-50-48-46-44-42-40-38-25-23-21-19-17-15-13-11-9-7-2/h8,10,14,16,20,22,26-27,29-30,32-33,35-36,62,66H,6-7,9,11-13,15,17-19,21,23-25,28,31,34,37-61H2,1-5H3/p+1/b10-8-,16-14-,22-20-,27-26-,30-29-,33-32-,36-35-. The van der Waals surface area contributed by atoms with Crippen LogP contribution in [0.1, 0.15) is 258 Å². The summed E-state index contributed by atoms with van der Waals surface area (Å²) in [5.41, 5.74) is 0. The van der Waals surface area contributed by atoms with Gasteiger partial charge in [-0.15, -0.1) is 0 Å². The number of carboxylic acid groups (broad SMARTS) is 1. The Morgan fingerprint density at radius 3 is 1.13 bits per heavy atom. The summed E-state index contributed by atoms with van der Waals surface area (Å²) in [6, 6.07) is 0. The van der Waals surface area contributed by atoms with Gasteiger partial charge < -0.3 is 28.5 Å². The number of carbonyl (C=O) groups is 3. The first-order valence-corrected chi connectivity index (χ1v) is 30.8. The highest BCUT2D eigenvalue weighted by Crippen LogP contribution is 2.17. The lowest BCUT2D eigenvalue weighted by molar-refractivity contribution is -0.870. The summed E-state index contributed by atoms with van der Waals surface area (Å²) in [4.78, 5) is 37.5. The van der Waals surface area contributed by atoms with Crippen molar-refractivity contribution in [2.45, 2.75) is 270 Å². The minimum Gasteiger partial charge on any atom is -0.477 e. The maximum atomic E-state index is 12.9. The van der Waals surface area contributed by atoms with Gasteiger partial charge in [0.15, 0.2) is 6.10 Å². The molecule has 0 rings (SSSR count). The maximum absolute atomic E-state index is 12.9. The van der Waals surface area contributed by atoms with E-state index in [0.29, 0.717) is 23.9 Å². The van der Waals surface area contributed by atoms with E-state index in [1.165, 1.54) is 135 Å². The lowest BCUT2D eigenvalue weighted by Gasteiger charge is -2.25. The van der Waals surface area contributed by atoms with Gasteiger partial charge in [-0.1, -0.05) is 259 Å². The summed E-state index contributed by atoms with van der Waals surface area (Å²) >= 11 is 0. The third-order valence-corrected chi connectivity index (χ3v) is 13.2. The van der Waals surface area contributed by atoms with Gasteiger partial charge in [0.1, 0.15) is 13.2 Å². The average Bonchev–Trinajstić information content (AvgIpc) is 3.38. The number of quaternary nitrogens is 1. The van der Waals surface area contributed by atoms with E-state index in [0.717, 1.165) is 89.9 Å². The molecule has 2 atom stereocenters. The molecule has 75 heavy (non-hydrogen) atoms. The van der Waals surface area contributed by atoms with E-state index < -0.39 is 24.3 Å². The Bertz CT molecular complexity index is 1500. The third kappa shape index (κ3) is 58.0. The number of hydrogen-bond acceptors (Lipinski definition) is 7. The van der Waals surface area contributed by atoms with E-state index in [2.05, 4.69) is 98.9 Å². The van der Waals surface area contributed by atoms with E-state index in [1.807, 2.05) is 21.1 Å². The van der Waals surface area contributed by atoms with Crippen LogP contribution in [0.5, 0.6) is 0 Å². The molecule has 0 spiro atoms. The summed E-state index contributed by atoms with van der Waals surface area (Å²) in [7, 11) is 5.97. The number of rotatable bonds is 56. The van der Waals surface area contributed by atoms with Crippen LogP contribution >= 0.6 is 0 Å². The maximum Gasteiger partial charge on any atom is 0.361 e. The normalized spacial score (nSPS) is 13.3. The van der Waals surface area contributed by atoms with Crippen LogP contribution in [-0.2, 0) is 33.3 Å². The molecule has 0 aromatic carbocycles. The number of allylic oxidation sites excluding steroid dienone is 14. The van der Waals surface area contributed by atoms with E-state index in [-0.39, 0.29) is 32.2 Å². The second-order valence-electron chi connectivity index (χ2n) is 21.6. The zero-order valence-electron chi connectivity index (χ0n) is 49.2. The van der Waals surface area contributed by atoms with Crippen molar-refractivity contribution in [1.82, 2.24) is 0 Å².